The van der Waals surface area contributed by atoms with Crippen LogP contribution in [0.5, 0.6) is 5.75 Å². The summed E-state index contributed by atoms with van der Waals surface area (Å²) in [4.78, 5) is 43.6. The lowest BCUT2D eigenvalue weighted by atomic mass is 9.95. The minimum absolute atomic E-state index is 0.186. The van der Waals surface area contributed by atoms with Crippen LogP contribution in [-0.4, -0.2) is 33.8 Å². The number of ketones is 1. The van der Waals surface area contributed by atoms with E-state index in [1.165, 1.54) is 59.7 Å². The lowest BCUT2D eigenvalue weighted by Gasteiger charge is -2.23. The van der Waals surface area contributed by atoms with Crippen LogP contribution in [0.3, 0.4) is 0 Å². The molecule has 1 N–H and O–H groups in total. The Bertz CT molecular complexity index is 1360. The first-order valence-electron chi connectivity index (χ1n) is 9.97. The van der Waals surface area contributed by atoms with Crippen LogP contribution in [0, 0.1) is 24.0 Å². The van der Waals surface area contributed by atoms with Gasteiger partial charge in [-0.25, -0.2) is 4.98 Å². The molecule has 0 saturated carbocycles. The number of thiazole rings is 1. The van der Waals surface area contributed by atoms with E-state index in [2.05, 4.69) is 4.98 Å². The van der Waals surface area contributed by atoms with Crippen LogP contribution in [0.2, 0.25) is 5.02 Å². The molecule has 2 heterocycles. The minimum atomic E-state index is -1.13. The number of methoxy groups -OCH3 is 1. The molecule has 1 aliphatic rings. The fourth-order valence-corrected chi connectivity index (χ4v) is 4.88. The first-order valence-corrected chi connectivity index (χ1v) is 11.2. The normalized spacial score (nSPS) is 17.3. The van der Waals surface area contributed by atoms with E-state index in [-0.39, 0.29) is 32.5 Å². The Kier molecular flexibility index (Phi) is 6.11. The van der Waals surface area contributed by atoms with Crippen molar-refractivity contribution in [3.05, 3.63) is 84.9 Å². The van der Waals surface area contributed by atoms with Crippen LogP contribution in [-0.2, 0) is 9.59 Å². The van der Waals surface area contributed by atoms with Crippen molar-refractivity contribution in [2.24, 2.45) is 0 Å². The number of rotatable bonds is 5. The van der Waals surface area contributed by atoms with Gasteiger partial charge >= 0.3 is 5.91 Å². The van der Waals surface area contributed by atoms with Crippen molar-refractivity contribution in [1.29, 1.82) is 0 Å². The number of nitro benzene ring substituents is 1. The number of nitro groups is 1. The summed E-state index contributed by atoms with van der Waals surface area (Å²) in [5.41, 5.74) is 0.701. The minimum Gasteiger partial charge on any atom is -0.507 e. The number of benzene rings is 2. The Labute approximate surface area is 203 Å². The number of halogens is 1. The zero-order valence-corrected chi connectivity index (χ0v) is 19.8. The van der Waals surface area contributed by atoms with Gasteiger partial charge in [-0.05, 0) is 37.6 Å². The third-order valence-electron chi connectivity index (χ3n) is 5.49. The number of anilines is 1. The highest BCUT2D eigenvalue weighted by Gasteiger charge is 2.48. The predicted molar refractivity (Wildman–Crippen MR) is 127 cm³/mol. The van der Waals surface area contributed by atoms with Crippen molar-refractivity contribution in [3.8, 4) is 5.75 Å². The number of hydrogen-bond donors (Lipinski definition) is 1. The molecule has 0 unspecified atom stereocenters. The smallest absolute Gasteiger partial charge is 0.301 e. The van der Waals surface area contributed by atoms with Gasteiger partial charge < -0.3 is 9.84 Å². The number of aliphatic hydroxyl groups excluding tert-OH is 1. The molecule has 11 heteroatoms. The molecular formula is C23H18ClN3O6S. The lowest BCUT2D eigenvalue weighted by Crippen LogP contribution is -2.29. The van der Waals surface area contributed by atoms with Crippen molar-refractivity contribution < 1.29 is 24.4 Å². The molecule has 1 fully saturated rings. The van der Waals surface area contributed by atoms with E-state index in [0.29, 0.717) is 11.4 Å². The lowest BCUT2D eigenvalue weighted by molar-refractivity contribution is -0.384. The van der Waals surface area contributed by atoms with Crippen LogP contribution in [0.4, 0.5) is 10.8 Å². The summed E-state index contributed by atoms with van der Waals surface area (Å²) in [6, 6.07) is 8.87. The summed E-state index contributed by atoms with van der Waals surface area (Å²) in [6.45, 7) is 3.60. The molecule has 34 heavy (non-hydrogen) atoms. The van der Waals surface area contributed by atoms with Crippen molar-refractivity contribution in [1.82, 2.24) is 4.98 Å². The van der Waals surface area contributed by atoms with Crippen LogP contribution < -0.4 is 9.64 Å². The second kappa shape index (κ2) is 8.88. The van der Waals surface area contributed by atoms with Crippen LogP contribution in [0.25, 0.3) is 5.76 Å². The Morgan fingerprint density at radius 1 is 1.24 bits per heavy atom. The van der Waals surface area contributed by atoms with Crippen molar-refractivity contribution in [2.45, 2.75) is 19.9 Å². The number of aromatic nitrogens is 1. The maximum absolute atomic E-state index is 13.2. The molecule has 3 aromatic rings. The average molecular weight is 500 g/mol. The Balaban J connectivity index is 1.97. The summed E-state index contributed by atoms with van der Waals surface area (Å²) in [5, 5.41) is 23.0. The third kappa shape index (κ3) is 3.91. The van der Waals surface area contributed by atoms with Gasteiger partial charge in [-0.2, -0.15) is 0 Å². The second-order valence-electron chi connectivity index (χ2n) is 7.51. The quantitative estimate of drug-likeness (QED) is 0.173. The Morgan fingerprint density at radius 3 is 2.56 bits per heavy atom. The molecule has 0 spiro atoms. The summed E-state index contributed by atoms with van der Waals surface area (Å²) in [5.74, 6) is -1.94. The van der Waals surface area contributed by atoms with Gasteiger partial charge in [-0.1, -0.05) is 23.7 Å². The van der Waals surface area contributed by atoms with Gasteiger partial charge in [0.2, 0.25) is 0 Å². The monoisotopic (exact) mass is 499 g/mol. The number of carbonyl (C=O) groups excluding carboxylic acids is 2. The molecule has 1 saturated heterocycles. The molecule has 4 rings (SSSR count). The first-order chi connectivity index (χ1) is 16.1. The molecular weight excluding hydrogens is 482 g/mol. The molecule has 1 atom stereocenters. The fraction of sp³-hybridized carbons (Fsp3) is 0.174. The zero-order valence-electron chi connectivity index (χ0n) is 18.2. The third-order valence-corrected chi connectivity index (χ3v) is 6.86. The summed E-state index contributed by atoms with van der Waals surface area (Å²) >= 11 is 7.40. The maximum Gasteiger partial charge on any atom is 0.301 e. The SMILES string of the molecule is COc1ccc(C(O)=C2C(=O)C(=O)N(c3nc(C)c(C)s3)[C@H]2c2cccc([N+](=O)[O-])c2)cc1Cl. The number of ether oxygens (including phenoxy) is 1. The summed E-state index contributed by atoms with van der Waals surface area (Å²) in [7, 11) is 1.44. The van der Waals surface area contributed by atoms with E-state index >= 15 is 0 Å². The van der Waals surface area contributed by atoms with Crippen molar-refractivity contribution in [3.63, 3.8) is 0 Å². The number of aliphatic hydroxyl groups is 1. The largest absolute Gasteiger partial charge is 0.507 e. The molecule has 1 amide bonds. The van der Waals surface area contributed by atoms with Gasteiger partial charge in [0.05, 0.1) is 34.4 Å². The molecule has 0 bridgehead atoms. The highest BCUT2D eigenvalue weighted by Crippen LogP contribution is 2.44. The van der Waals surface area contributed by atoms with Crippen LogP contribution >= 0.6 is 22.9 Å². The van der Waals surface area contributed by atoms with E-state index in [9.17, 15) is 24.8 Å². The van der Waals surface area contributed by atoms with Crippen LogP contribution in [0.15, 0.2) is 48.0 Å². The second-order valence-corrected chi connectivity index (χ2v) is 9.10. The van der Waals surface area contributed by atoms with E-state index in [1.807, 2.05) is 6.92 Å². The van der Waals surface area contributed by atoms with Crippen molar-refractivity contribution >= 4 is 51.2 Å². The molecule has 0 radical (unpaired) electrons. The number of hydrogen-bond acceptors (Lipinski definition) is 8. The maximum atomic E-state index is 13.2. The van der Waals surface area contributed by atoms with Gasteiger partial charge in [0.25, 0.3) is 11.5 Å². The molecule has 2 aromatic carbocycles. The molecule has 1 aliphatic heterocycles. The van der Waals surface area contributed by atoms with E-state index in [0.717, 1.165) is 4.88 Å². The van der Waals surface area contributed by atoms with Gasteiger partial charge in [-0.15, -0.1) is 11.3 Å². The summed E-state index contributed by atoms with van der Waals surface area (Å²) in [6.07, 6.45) is 0. The topological polar surface area (TPSA) is 123 Å². The average Bonchev–Trinajstić information content (AvgIpc) is 3.28. The van der Waals surface area contributed by atoms with E-state index in [4.69, 9.17) is 16.3 Å². The fourth-order valence-electron chi connectivity index (χ4n) is 3.68. The van der Waals surface area contributed by atoms with Crippen LogP contribution in [0.1, 0.15) is 27.7 Å². The molecule has 1 aromatic heterocycles. The highest BCUT2D eigenvalue weighted by molar-refractivity contribution is 7.16. The van der Waals surface area contributed by atoms with Gasteiger partial charge in [-0.3, -0.25) is 24.6 Å². The highest BCUT2D eigenvalue weighted by atomic mass is 35.5. The Morgan fingerprint density at radius 2 is 1.97 bits per heavy atom. The number of nitrogens with zero attached hydrogens (tertiary/aromatic N) is 3. The molecule has 9 nitrogen and oxygen atoms in total. The van der Waals surface area contributed by atoms with Gasteiger partial charge in [0, 0.05) is 22.6 Å². The predicted octanol–water partition coefficient (Wildman–Crippen LogP) is 4.96. The van der Waals surface area contributed by atoms with Gasteiger partial charge in [0.1, 0.15) is 11.5 Å². The summed E-state index contributed by atoms with van der Waals surface area (Å²) < 4.78 is 5.13. The Hall–Kier alpha value is -3.76. The van der Waals surface area contributed by atoms with E-state index in [1.54, 1.807) is 13.0 Å². The molecule has 174 valence electrons. The zero-order chi connectivity index (χ0) is 24.7. The number of non-ortho nitro benzene ring substituents is 1. The van der Waals surface area contributed by atoms with Crippen molar-refractivity contribution in [2.75, 3.05) is 12.0 Å². The standard InChI is InChI=1S/C23H18ClN3O6S/c1-11-12(2)34-23(25-11)26-19(13-5-4-6-15(9-13)27(31)32)18(21(29)22(26)30)20(28)14-7-8-17(33-3)16(24)10-14/h4-10,19,28H,1-3H3/t19-/m0/s1. The number of Topliss-reactive ketones (excluding diaryl/α,β-unsaturated/α-hetero) is 1. The molecule has 0 aliphatic carbocycles. The number of amides is 1. The van der Waals surface area contributed by atoms with Gasteiger partial charge in [0.15, 0.2) is 5.13 Å². The number of carbonyl (C=O) groups is 2. The van der Waals surface area contributed by atoms with E-state index < -0.39 is 28.4 Å². The first kappa shape index (κ1) is 23.4. The number of aryl methyl sites for hydroxylation is 2.